The van der Waals surface area contributed by atoms with E-state index >= 15 is 0 Å². The van der Waals surface area contributed by atoms with E-state index in [1.807, 2.05) is 0 Å². The molecule has 0 saturated heterocycles. The van der Waals surface area contributed by atoms with Crippen molar-refractivity contribution in [3.63, 3.8) is 0 Å². The molecule has 0 spiro atoms. The Balaban J connectivity index is 2.82. The van der Waals surface area contributed by atoms with Gasteiger partial charge >= 0.3 is 0 Å². The van der Waals surface area contributed by atoms with E-state index in [-0.39, 0.29) is 6.61 Å². The van der Waals surface area contributed by atoms with Crippen molar-refractivity contribution in [2.24, 2.45) is 0 Å². The van der Waals surface area contributed by atoms with Gasteiger partial charge in [-0.3, -0.25) is 0 Å². The second-order valence-corrected chi connectivity index (χ2v) is 2.95. The van der Waals surface area contributed by atoms with Crippen LogP contribution in [0.4, 0.5) is 4.39 Å². The summed E-state index contributed by atoms with van der Waals surface area (Å²) in [5.74, 6) is 0.325. The number of aliphatic hydroxyl groups is 1. The maximum atomic E-state index is 13.1. The molecule has 0 radical (unpaired) electrons. The van der Waals surface area contributed by atoms with Crippen LogP contribution < -0.4 is 0 Å². The third-order valence-corrected chi connectivity index (χ3v) is 2.04. The van der Waals surface area contributed by atoms with Gasteiger partial charge in [0.1, 0.15) is 17.2 Å². The van der Waals surface area contributed by atoms with Crippen LogP contribution >= 0.6 is 0 Å². The first kappa shape index (κ1) is 8.26. The van der Waals surface area contributed by atoms with Crippen molar-refractivity contribution in [3.8, 4) is 0 Å². The first-order chi connectivity index (χ1) is 6.22. The molecule has 1 N–H and O–H groups in total. The lowest BCUT2D eigenvalue weighted by Gasteiger charge is -1.98. The number of aryl methyl sites for hydroxylation is 1. The Morgan fingerprint density at radius 1 is 1.46 bits per heavy atom. The van der Waals surface area contributed by atoms with E-state index in [0.29, 0.717) is 16.5 Å². The molecule has 1 aromatic heterocycles. The highest BCUT2D eigenvalue weighted by atomic mass is 19.1. The lowest BCUT2D eigenvalue weighted by molar-refractivity contribution is 0.277. The lowest BCUT2D eigenvalue weighted by atomic mass is 10.1. The number of halogens is 1. The van der Waals surface area contributed by atoms with E-state index < -0.39 is 5.82 Å². The monoisotopic (exact) mass is 180 g/mol. The van der Waals surface area contributed by atoms with E-state index in [9.17, 15) is 4.39 Å². The van der Waals surface area contributed by atoms with Gasteiger partial charge in [0, 0.05) is 10.9 Å². The summed E-state index contributed by atoms with van der Waals surface area (Å²) < 4.78 is 18.4. The fraction of sp³-hybridized carbons (Fsp3) is 0.200. The molecule has 0 saturated carbocycles. The summed E-state index contributed by atoms with van der Waals surface area (Å²) in [7, 11) is 0. The Kier molecular flexibility index (Phi) is 1.81. The van der Waals surface area contributed by atoms with E-state index in [0.717, 1.165) is 5.76 Å². The molecule has 0 aliphatic carbocycles. The van der Waals surface area contributed by atoms with Crippen LogP contribution in [0.2, 0.25) is 0 Å². The summed E-state index contributed by atoms with van der Waals surface area (Å²) in [5, 5.41) is 9.60. The van der Waals surface area contributed by atoms with Crippen molar-refractivity contribution >= 4 is 11.0 Å². The summed E-state index contributed by atoms with van der Waals surface area (Å²) in [6, 6.07) is 4.59. The van der Waals surface area contributed by atoms with Gasteiger partial charge in [-0.1, -0.05) is 0 Å². The maximum absolute atomic E-state index is 13.1. The minimum Gasteiger partial charge on any atom is -0.461 e. The van der Waals surface area contributed by atoms with Crippen molar-refractivity contribution in [3.05, 3.63) is 35.3 Å². The zero-order valence-corrected chi connectivity index (χ0v) is 7.17. The average Bonchev–Trinajstić information content (AvgIpc) is 2.45. The first-order valence-electron chi connectivity index (χ1n) is 4.01. The molecule has 0 bridgehead atoms. The minimum atomic E-state index is -0.393. The number of benzene rings is 1. The van der Waals surface area contributed by atoms with Crippen LogP contribution in [0.3, 0.4) is 0 Å². The largest absolute Gasteiger partial charge is 0.461 e. The zero-order valence-electron chi connectivity index (χ0n) is 7.17. The van der Waals surface area contributed by atoms with Crippen molar-refractivity contribution < 1.29 is 13.9 Å². The molecule has 2 rings (SSSR count). The second-order valence-electron chi connectivity index (χ2n) is 2.95. The summed E-state index contributed by atoms with van der Waals surface area (Å²) in [6.07, 6.45) is 0. The molecule has 0 fully saturated rings. The van der Waals surface area contributed by atoms with Gasteiger partial charge < -0.3 is 9.52 Å². The molecule has 0 atom stereocenters. The van der Waals surface area contributed by atoms with Crippen molar-refractivity contribution in [1.29, 1.82) is 0 Å². The molecule has 0 amide bonds. The molecular formula is C10H9FO2. The average molecular weight is 180 g/mol. The van der Waals surface area contributed by atoms with Gasteiger partial charge in [0.25, 0.3) is 0 Å². The Labute approximate surface area is 74.6 Å². The predicted octanol–water partition coefficient (Wildman–Crippen LogP) is 2.37. The Morgan fingerprint density at radius 2 is 2.23 bits per heavy atom. The highest BCUT2D eigenvalue weighted by molar-refractivity contribution is 5.81. The van der Waals surface area contributed by atoms with Crippen LogP contribution in [0.1, 0.15) is 11.3 Å². The number of hydrogen-bond acceptors (Lipinski definition) is 2. The number of fused-ring (bicyclic) bond motifs is 1. The number of rotatable bonds is 1. The maximum Gasteiger partial charge on any atom is 0.134 e. The normalized spacial score (nSPS) is 11.0. The van der Waals surface area contributed by atoms with Gasteiger partial charge in [0.15, 0.2) is 0 Å². The molecular weight excluding hydrogens is 171 g/mol. The first-order valence-corrected chi connectivity index (χ1v) is 4.01. The molecule has 1 heterocycles. The Hall–Kier alpha value is -1.35. The Bertz CT molecular complexity index is 445. The SMILES string of the molecule is Cc1cc2c(CO)c(F)ccc2o1. The third kappa shape index (κ3) is 1.21. The quantitative estimate of drug-likeness (QED) is 0.730. The van der Waals surface area contributed by atoms with Crippen LogP contribution in [0.5, 0.6) is 0 Å². The van der Waals surface area contributed by atoms with Gasteiger partial charge in [-0.2, -0.15) is 0 Å². The highest BCUT2D eigenvalue weighted by Crippen LogP contribution is 2.24. The van der Waals surface area contributed by atoms with Gasteiger partial charge in [-0.05, 0) is 25.1 Å². The van der Waals surface area contributed by atoms with E-state index in [2.05, 4.69) is 0 Å². The molecule has 13 heavy (non-hydrogen) atoms. The van der Waals surface area contributed by atoms with Gasteiger partial charge in [-0.25, -0.2) is 4.39 Å². The van der Waals surface area contributed by atoms with Crippen LogP contribution in [-0.2, 0) is 6.61 Å². The third-order valence-electron chi connectivity index (χ3n) is 2.04. The zero-order chi connectivity index (χ0) is 9.42. The van der Waals surface area contributed by atoms with E-state index in [4.69, 9.17) is 9.52 Å². The number of furan rings is 1. The molecule has 68 valence electrons. The molecule has 0 aliphatic rings. The van der Waals surface area contributed by atoms with Crippen LogP contribution in [-0.4, -0.2) is 5.11 Å². The fourth-order valence-corrected chi connectivity index (χ4v) is 1.43. The smallest absolute Gasteiger partial charge is 0.134 e. The van der Waals surface area contributed by atoms with Crippen LogP contribution in [0.25, 0.3) is 11.0 Å². The number of hydrogen-bond donors (Lipinski definition) is 1. The second kappa shape index (κ2) is 2.85. The highest BCUT2D eigenvalue weighted by Gasteiger charge is 2.09. The Morgan fingerprint density at radius 3 is 2.92 bits per heavy atom. The minimum absolute atomic E-state index is 0.300. The summed E-state index contributed by atoms with van der Waals surface area (Å²) in [4.78, 5) is 0. The van der Waals surface area contributed by atoms with Crippen LogP contribution in [0, 0.1) is 12.7 Å². The molecule has 0 aliphatic heterocycles. The topological polar surface area (TPSA) is 33.4 Å². The fourth-order valence-electron chi connectivity index (χ4n) is 1.43. The van der Waals surface area contributed by atoms with Crippen molar-refractivity contribution in [2.75, 3.05) is 0 Å². The molecule has 1 aromatic carbocycles. The van der Waals surface area contributed by atoms with Crippen molar-refractivity contribution in [1.82, 2.24) is 0 Å². The summed E-state index contributed by atoms with van der Waals surface area (Å²) >= 11 is 0. The van der Waals surface area contributed by atoms with Gasteiger partial charge in [-0.15, -0.1) is 0 Å². The van der Waals surface area contributed by atoms with Crippen molar-refractivity contribution in [2.45, 2.75) is 13.5 Å². The molecule has 2 nitrogen and oxygen atoms in total. The van der Waals surface area contributed by atoms with Gasteiger partial charge in [0.05, 0.1) is 6.61 Å². The van der Waals surface area contributed by atoms with Crippen LogP contribution in [0.15, 0.2) is 22.6 Å². The van der Waals surface area contributed by atoms with E-state index in [1.165, 1.54) is 6.07 Å². The summed E-state index contributed by atoms with van der Waals surface area (Å²) in [5.41, 5.74) is 0.914. The summed E-state index contributed by atoms with van der Waals surface area (Å²) in [6.45, 7) is 1.49. The predicted molar refractivity (Wildman–Crippen MR) is 46.8 cm³/mol. The molecule has 2 aromatic rings. The number of aliphatic hydroxyl groups excluding tert-OH is 1. The molecule has 0 unspecified atom stereocenters. The van der Waals surface area contributed by atoms with Gasteiger partial charge in [0.2, 0.25) is 0 Å². The van der Waals surface area contributed by atoms with E-state index in [1.54, 1.807) is 19.1 Å². The molecule has 3 heteroatoms. The lowest BCUT2D eigenvalue weighted by Crippen LogP contribution is -1.89. The standard InChI is InChI=1S/C10H9FO2/c1-6-4-7-8(5-12)9(11)2-3-10(7)13-6/h2-4,12H,5H2,1H3.